The van der Waals surface area contributed by atoms with E-state index < -0.39 is 11.9 Å². The highest BCUT2D eigenvalue weighted by molar-refractivity contribution is 6.14. The second kappa shape index (κ2) is 5.87. The number of fused-ring (bicyclic) bond motifs is 1. The summed E-state index contributed by atoms with van der Waals surface area (Å²) >= 11 is 0. The van der Waals surface area contributed by atoms with Crippen molar-refractivity contribution in [2.75, 3.05) is 6.61 Å². The topological polar surface area (TPSA) is 52.6 Å². The van der Waals surface area contributed by atoms with E-state index in [1.807, 2.05) is 0 Å². The van der Waals surface area contributed by atoms with Gasteiger partial charge in [-0.05, 0) is 37.0 Å². The van der Waals surface area contributed by atoms with Crippen LogP contribution in [0.15, 0.2) is 18.2 Å². The van der Waals surface area contributed by atoms with Crippen molar-refractivity contribution in [3.05, 3.63) is 29.3 Å². The molecule has 0 saturated carbocycles. The fourth-order valence-electron chi connectivity index (χ4n) is 2.00. The molecule has 4 heteroatoms. The van der Waals surface area contributed by atoms with E-state index in [1.165, 1.54) is 6.42 Å². The molecule has 0 N–H and O–H groups in total. The minimum atomic E-state index is -0.592. The van der Waals surface area contributed by atoms with Crippen molar-refractivity contribution in [3.63, 3.8) is 0 Å². The number of esters is 2. The van der Waals surface area contributed by atoms with Crippen LogP contribution in [-0.2, 0) is 4.74 Å². The lowest BCUT2D eigenvalue weighted by Gasteiger charge is -2.07. The number of hydrogen-bond donors (Lipinski definition) is 0. The van der Waals surface area contributed by atoms with E-state index in [1.54, 1.807) is 18.2 Å². The van der Waals surface area contributed by atoms with E-state index in [4.69, 9.17) is 4.74 Å². The fraction of sp³-hybridized carbons (Fsp3) is 0.467. The van der Waals surface area contributed by atoms with Crippen molar-refractivity contribution >= 4 is 11.9 Å². The molecule has 0 radical (unpaired) electrons. The van der Waals surface area contributed by atoms with E-state index in [2.05, 4.69) is 18.6 Å². The third-order valence-electron chi connectivity index (χ3n) is 3.06. The van der Waals surface area contributed by atoms with Gasteiger partial charge < -0.3 is 9.47 Å². The second-order valence-corrected chi connectivity index (χ2v) is 5.12. The SMILES string of the molecule is CC(C)CCCCOc1ccc2c(c1)C(=O)OC2=O. The van der Waals surface area contributed by atoms with E-state index in [0.717, 1.165) is 12.8 Å². The van der Waals surface area contributed by atoms with Crippen LogP contribution in [0.25, 0.3) is 0 Å². The lowest BCUT2D eigenvalue weighted by Crippen LogP contribution is -2.00. The summed E-state index contributed by atoms with van der Waals surface area (Å²) in [5.74, 6) is 0.143. The highest BCUT2D eigenvalue weighted by atomic mass is 16.6. The van der Waals surface area contributed by atoms with Crippen LogP contribution in [0.4, 0.5) is 0 Å². The van der Waals surface area contributed by atoms with Crippen molar-refractivity contribution < 1.29 is 19.1 Å². The average molecular weight is 262 g/mol. The quantitative estimate of drug-likeness (QED) is 0.449. The van der Waals surface area contributed by atoms with Gasteiger partial charge in [-0.25, -0.2) is 9.59 Å². The summed E-state index contributed by atoms with van der Waals surface area (Å²) in [4.78, 5) is 22.6. The van der Waals surface area contributed by atoms with Gasteiger partial charge in [0.05, 0.1) is 17.7 Å². The summed E-state index contributed by atoms with van der Waals surface area (Å²) in [6.45, 7) is 5.02. The molecule has 1 aromatic rings. The van der Waals surface area contributed by atoms with Gasteiger partial charge in [-0.2, -0.15) is 0 Å². The Balaban J connectivity index is 1.87. The summed E-state index contributed by atoms with van der Waals surface area (Å²) in [7, 11) is 0. The Morgan fingerprint density at radius 3 is 2.58 bits per heavy atom. The molecule has 0 spiro atoms. The second-order valence-electron chi connectivity index (χ2n) is 5.12. The molecule has 0 unspecified atom stereocenters. The minimum Gasteiger partial charge on any atom is -0.494 e. The van der Waals surface area contributed by atoms with Gasteiger partial charge in [0.15, 0.2) is 0 Å². The third kappa shape index (κ3) is 3.34. The monoisotopic (exact) mass is 262 g/mol. The number of rotatable bonds is 6. The number of unbranched alkanes of at least 4 members (excludes halogenated alkanes) is 1. The van der Waals surface area contributed by atoms with Crippen molar-refractivity contribution in [1.29, 1.82) is 0 Å². The Morgan fingerprint density at radius 2 is 1.84 bits per heavy atom. The van der Waals surface area contributed by atoms with Crippen molar-refractivity contribution in [1.82, 2.24) is 0 Å². The lowest BCUT2D eigenvalue weighted by molar-refractivity contribution is 0.0443. The summed E-state index contributed by atoms with van der Waals surface area (Å²) in [6, 6.07) is 4.85. The summed E-state index contributed by atoms with van der Waals surface area (Å²) in [5.41, 5.74) is 0.613. The number of carbonyl (C=O) groups is 2. The van der Waals surface area contributed by atoms with Gasteiger partial charge in [0.2, 0.25) is 0 Å². The number of benzene rings is 1. The van der Waals surface area contributed by atoms with Crippen molar-refractivity contribution in [3.8, 4) is 5.75 Å². The van der Waals surface area contributed by atoms with Crippen LogP contribution in [0.3, 0.4) is 0 Å². The van der Waals surface area contributed by atoms with Crippen LogP contribution in [0, 0.1) is 5.92 Å². The first-order valence-electron chi connectivity index (χ1n) is 6.61. The van der Waals surface area contributed by atoms with Crippen LogP contribution in [-0.4, -0.2) is 18.5 Å². The molecule has 0 aliphatic carbocycles. The predicted octanol–water partition coefficient (Wildman–Crippen LogP) is 3.20. The molecule has 1 aliphatic rings. The highest BCUT2D eigenvalue weighted by Gasteiger charge is 2.29. The molecule has 0 bridgehead atoms. The van der Waals surface area contributed by atoms with Gasteiger partial charge in [-0.3, -0.25) is 0 Å². The molecule has 0 saturated heterocycles. The lowest BCUT2D eigenvalue weighted by atomic mass is 10.1. The van der Waals surface area contributed by atoms with Crippen LogP contribution >= 0.6 is 0 Å². The maximum absolute atomic E-state index is 11.4. The highest BCUT2D eigenvalue weighted by Crippen LogP contribution is 2.24. The fourth-order valence-corrected chi connectivity index (χ4v) is 2.00. The molecular formula is C15H18O4. The summed E-state index contributed by atoms with van der Waals surface area (Å²) in [5, 5.41) is 0. The molecule has 19 heavy (non-hydrogen) atoms. The zero-order valence-electron chi connectivity index (χ0n) is 11.3. The molecule has 0 aromatic heterocycles. The van der Waals surface area contributed by atoms with Gasteiger partial charge >= 0.3 is 11.9 Å². The van der Waals surface area contributed by atoms with Gasteiger partial charge in [-0.1, -0.05) is 20.3 Å². The number of ether oxygens (including phenoxy) is 2. The first-order chi connectivity index (χ1) is 9.08. The molecule has 1 aromatic carbocycles. The first-order valence-corrected chi connectivity index (χ1v) is 6.61. The maximum Gasteiger partial charge on any atom is 0.347 e. The molecule has 1 heterocycles. The molecular weight excluding hydrogens is 244 g/mol. The van der Waals surface area contributed by atoms with E-state index >= 15 is 0 Å². The Bertz CT molecular complexity index is 491. The Hall–Kier alpha value is -1.84. The third-order valence-corrected chi connectivity index (χ3v) is 3.06. The van der Waals surface area contributed by atoms with Crippen LogP contribution in [0.2, 0.25) is 0 Å². The van der Waals surface area contributed by atoms with Gasteiger partial charge in [0, 0.05) is 0 Å². The van der Waals surface area contributed by atoms with E-state index in [0.29, 0.717) is 29.4 Å². The number of carbonyl (C=O) groups excluding carboxylic acids is 2. The maximum atomic E-state index is 11.4. The van der Waals surface area contributed by atoms with Crippen LogP contribution in [0.5, 0.6) is 5.75 Å². The molecule has 0 atom stereocenters. The van der Waals surface area contributed by atoms with E-state index in [-0.39, 0.29) is 0 Å². The zero-order chi connectivity index (χ0) is 13.8. The Morgan fingerprint density at radius 1 is 1.11 bits per heavy atom. The number of cyclic esters (lactones) is 2. The summed E-state index contributed by atoms with van der Waals surface area (Å²) in [6.07, 6.45) is 3.30. The number of hydrogen-bond acceptors (Lipinski definition) is 4. The minimum absolute atomic E-state index is 0.296. The largest absolute Gasteiger partial charge is 0.494 e. The molecule has 0 amide bonds. The standard InChI is InChI=1S/C15H18O4/c1-10(2)5-3-4-8-18-11-6-7-12-13(9-11)15(17)19-14(12)16/h6-7,9-10H,3-5,8H2,1-2H3. The molecule has 2 rings (SSSR count). The van der Waals surface area contributed by atoms with E-state index in [9.17, 15) is 9.59 Å². The zero-order valence-corrected chi connectivity index (χ0v) is 11.3. The van der Waals surface area contributed by atoms with Gasteiger partial charge in [-0.15, -0.1) is 0 Å². The first kappa shape index (κ1) is 13.6. The molecule has 0 fully saturated rings. The molecule has 1 aliphatic heterocycles. The van der Waals surface area contributed by atoms with Gasteiger partial charge in [0.25, 0.3) is 0 Å². The predicted molar refractivity (Wildman–Crippen MR) is 70.4 cm³/mol. The summed E-state index contributed by atoms with van der Waals surface area (Å²) < 4.78 is 10.1. The van der Waals surface area contributed by atoms with Crippen LogP contribution in [0.1, 0.15) is 53.8 Å². The Labute approximate surface area is 112 Å². The normalized spacial score (nSPS) is 13.6. The van der Waals surface area contributed by atoms with Gasteiger partial charge in [0.1, 0.15) is 5.75 Å². The van der Waals surface area contributed by atoms with Crippen molar-refractivity contribution in [2.24, 2.45) is 5.92 Å². The van der Waals surface area contributed by atoms with Crippen LogP contribution < -0.4 is 4.74 Å². The molecule has 102 valence electrons. The Kier molecular flexibility index (Phi) is 4.20. The average Bonchev–Trinajstić information content (AvgIpc) is 2.64. The smallest absolute Gasteiger partial charge is 0.347 e. The molecule has 4 nitrogen and oxygen atoms in total. The van der Waals surface area contributed by atoms with Crippen molar-refractivity contribution in [2.45, 2.75) is 33.1 Å².